The van der Waals surface area contributed by atoms with Gasteiger partial charge in [-0.05, 0) is 50.0 Å². The Labute approximate surface area is 116 Å². The van der Waals surface area contributed by atoms with Gasteiger partial charge in [-0.3, -0.25) is 0 Å². The highest BCUT2D eigenvalue weighted by atomic mass is 16.4. The molecule has 0 spiro atoms. The van der Waals surface area contributed by atoms with Gasteiger partial charge in [0.15, 0.2) is 0 Å². The Hall–Kier alpha value is -0.900. The lowest BCUT2D eigenvalue weighted by Gasteiger charge is -2.36. The normalized spacial score (nSPS) is 24.6. The largest absolute Gasteiger partial charge is 0.425 e. The molecule has 19 heavy (non-hydrogen) atoms. The number of aromatic nitrogens is 2. The fourth-order valence-corrected chi connectivity index (χ4v) is 2.99. The molecule has 0 saturated heterocycles. The van der Waals surface area contributed by atoms with Crippen LogP contribution in [0.5, 0.6) is 0 Å². The summed E-state index contributed by atoms with van der Waals surface area (Å²) in [5.74, 6) is 2.89. The highest BCUT2D eigenvalue weighted by molar-refractivity contribution is 4.95. The minimum absolute atomic E-state index is 0.423. The Kier molecular flexibility index (Phi) is 4.61. The molecule has 1 aliphatic carbocycles. The zero-order chi connectivity index (χ0) is 13.9. The van der Waals surface area contributed by atoms with Crippen molar-refractivity contribution >= 4 is 0 Å². The average Bonchev–Trinajstić information content (AvgIpc) is 2.84. The summed E-state index contributed by atoms with van der Waals surface area (Å²) in [6.45, 7) is 7.70. The van der Waals surface area contributed by atoms with Gasteiger partial charge in [-0.2, -0.15) is 0 Å². The molecular weight excluding hydrogens is 238 g/mol. The molecule has 0 amide bonds. The molecule has 0 bridgehead atoms. The first-order valence-electron chi connectivity index (χ1n) is 7.53. The first-order chi connectivity index (χ1) is 9.00. The van der Waals surface area contributed by atoms with Gasteiger partial charge in [-0.15, -0.1) is 10.2 Å². The van der Waals surface area contributed by atoms with E-state index in [-0.39, 0.29) is 0 Å². The molecule has 2 rings (SSSR count). The van der Waals surface area contributed by atoms with Gasteiger partial charge in [0.2, 0.25) is 11.8 Å². The van der Waals surface area contributed by atoms with E-state index >= 15 is 0 Å². The predicted octanol–water partition coefficient (Wildman–Crippen LogP) is 3.28. The molecule has 1 heterocycles. The number of hydrogen-bond acceptors (Lipinski definition) is 4. The van der Waals surface area contributed by atoms with Crippen LogP contribution in [-0.2, 0) is 6.42 Å². The minimum atomic E-state index is 0.423. The van der Waals surface area contributed by atoms with E-state index in [1.165, 1.54) is 25.7 Å². The summed E-state index contributed by atoms with van der Waals surface area (Å²) in [5, 5.41) is 8.35. The fraction of sp³-hybridized carbons (Fsp3) is 0.867. The van der Waals surface area contributed by atoms with Crippen LogP contribution in [0.3, 0.4) is 0 Å². The van der Waals surface area contributed by atoms with Crippen LogP contribution >= 0.6 is 0 Å². The maximum Gasteiger partial charge on any atom is 0.219 e. The molecule has 1 aromatic heterocycles. The van der Waals surface area contributed by atoms with Crippen LogP contribution in [0.2, 0.25) is 0 Å². The van der Waals surface area contributed by atoms with Crippen LogP contribution in [-0.4, -0.2) is 16.7 Å². The molecule has 0 aromatic carbocycles. The molecule has 4 nitrogen and oxygen atoms in total. The second-order valence-electron chi connectivity index (χ2n) is 6.84. The number of nitrogens with zero attached hydrogens (tertiary/aromatic N) is 2. The molecule has 0 atom stereocenters. The van der Waals surface area contributed by atoms with Crippen molar-refractivity contribution in [3.05, 3.63) is 11.8 Å². The smallest absolute Gasteiger partial charge is 0.219 e. The molecule has 0 unspecified atom stereocenters. The molecule has 4 heteroatoms. The van der Waals surface area contributed by atoms with Gasteiger partial charge in [0.05, 0.1) is 0 Å². The molecule has 1 saturated carbocycles. The van der Waals surface area contributed by atoms with Crippen molar-refractivity contribution in [1.82, 2.24) is 10.2 Å². The molecular formula is C15H27N3O. The van der Waals surface area contributed by atoms with Crippen molar-refractivity contribution in [2.75, 3.05) is 6.54 Å². The first-order valence-corrected chi connectivity index (χ1v) is 7.53. The van der Waals surface area contributed by atoms with Gasteiger partial charge in [-0.1, -0.05) is 20.8 Å². The molecule has 1 aliphatic rings. The third kappa shape index (κ3) is 3.78. The molecule has 108 valence electrons. The highest BCUT2D eigenvalue weighted by Crippen LogP contribution is 2.42. The van der Waals surface area contributed by atoms with Crippen LogP contribution in [0, 0.1) is 11.3 Å². The van der Waals surface area contributed by atoms with Crippen molar-refractivity contribution < 1.29 is 4.42 Å². The maximum absolute atomic E-state index is 5.77. The van der Waals surface area contributed by atoms with E-state index in [4.69, 9.17) is 10.2 Å². The van der Waals surface area contributed by atoms with Gasteiger partial charge in [0.25, 0.3) is 0 Å². The second kappa shape index (κ2) is 6.04. The van der Waals surface area contributed by atoms with Gasteiger partial charge in [0, 0.05) is 12.3 Å². The number of rotatable bonds is 4. The van der Waals surface area contributed by atoms with Crippen LogP contribution in [0.15, 0.2) is 4.42 Å². The summed E-state index contributed by atoms with van der Waals surface area (Å²) >= 11 is 0. The van der Waals surface area contributed by atoms with Gasteiger partial charge in [0.1, 0.15) is 0 Å². The Morgan fingerprint density at radius 1 is 1.16 bits per heavy atom. The molecule has 0 radical (unpaired) electrons. The second-order valence-corrected chi connectivity index (χ2v) is 6.84. The highest BCUT2D eigenvalue weighted by Gasteiger charge is 2.32. The zero-order valence-corrected chi connectivity index (χ0v) is 12.5. The van der Waals surface area contributed by atoms with E-state index < -0.39 is 0 Å². The molecule has 2 N–H and O–H groups in total. The van der Waals surface area contributed by atoms with E-state index in [9.17, 15) is 0 Å². The standard InChI is InChI=1S/C15H27N3O/c1-15(2,3)12-8-6-11(7-9-12)14-18-17-13(19-14)5-4-10-16/h11-12H,4-10,16H2,1-3H3. The van der Waals surface area contributed by atoms with Crippen LogP contribution in [0.4, 0.5) is 0 Å². The summed E-state index contributed by atoms with van der Waals surface area (Å²) in [4.78, 5) is 0. The molecule has 1 aromatic rings. The van der Waals surface area contributed by atoms with E-state index in [0.717, 1.165) is 30.5 Å². The topological polar surface area (TPSA) is 64.9 Å². The van der Waals surface area contributed by atoms with Crippen LogP contribution in [0.1, 0.15) is 70.6 Å². The van der Waals surface area contributed by atoms with Gasteiger partial charge < -0.3 is 10.2 Å². The summed E-state index contributed by atoms with van der Waals surface area (Å²) in [5.41, 5.74) is 5.91. The van der Waals surface area contributed by atoms with Gasteiger partial charge >= 0.3 is 0 Å². The Bertz CT molecular complexity index is 386. The summed E-state index contributed by atoms with van der Waals surface area (Å²) in [6, 6.07) is 0. The summed E-state index contributed by atoms with van der Waals surface area (Å²) in [6.07, 6.45) is 6.63. The van der Waals surface area contributed by atoms with E-state index in [1.807, 2.05) is 0 Å². The summed E-state index contributed by atoms with van der Waals surface area (Å²) < 4.78 is 5.77. The third-order valence-corrected chi connectivity index (χ3v) is 4.38. The molecule has 0 aliphatic heterocycles. The third-order valence-electron chi connectivity index (χ3n) is 4.38. The van der Waals surface area contributed by atoms with Crippen molar-refractivity contribution in [3.8, 4) is 0 Å². The quantitative estimate of drug-likeness (QED) is 0.907. The maximum atomic E-state index is 5.77. The van der Waals surface area contributed by atoms with E-state index in [2.05, 4.69) is 31.0 Å². The number of aryl methyl sites for hydroxylation is 1. The minimum Gasteiger partial charge on any atom is -0.425 e. The van der Waals surface area contributed by atoms with Crippen LogP contribution < -0.4 is 5.73 Å². The monoisotopic (exact) mass is 265 g/mol. The Balaban J connectivity index is 1.89. The lowest BCUT2D eigenvalue weighted by atomic mass is 9.70. The zero-order valence-electron chi connectivity index (χ0n) is 12.5. The van der Waals surface area contributed by atoms with E-state index in [1.54, 1.807) is 0 Å². The number of hydrogen-bond donors (Lipinski definition) is 1. The van der Waals surface area contributed by atoms with E-state index in [0.29, 0.717) is 17.9 Å². The lowest BCUT2D eigenvalue weighted by Crippen LogP contribution is -2.25. The molecule has 1 fully saturated rings. The van der Waals surface area contributed by atoms with Gasteiger partial charge in [-0.25, -0.2) is 0 Å². The summed E-state index contributed by atoms with van der Waals surface area (Å²) in [7, 11) is 0. The van der Waals surface area contributed by atoms with Crippen molar-refractivity contribution in [1.29, 1.82) is 0 Å². The number of nitrogens with two attached hydrogens (primary N) is 1. The predicted molar refractivity (Wildman–Crippen MR) is 75.8 cm³/mol. The lowest BCUT2D eigenvalue weighted by molar-refractivity contribution is 0.161. The first kappa shape index (κ1) is 14.5. The Morgan fingerprint density at radius 3 is 2.42 bits per heavy atom. The SMILES string of the molecule is CC(C)(C)C1CCC(c2nnc(CCCN)o2)CC1. The van der Waals surface area contributed by atoms with Crippen molar-refractivity contribution in [2.45, 2.75) is 65.2 Å². The average molecular weight is 265 g/mol. The van der Waals surface area contributed by atoms with Crippen molar-refractivity contribution in [2.24, 2.45) is 17.1 Å². The van der Waals surface area contributed by atoms with Crippen LogP contribution in [0.25, 0.3) is 0 Å². The fourth-order valence-electron chi connectivity index (χ4n) is 2.99. The van der Waals surface area contributed by atoms with Crippen molar-refractivity contribution in [3.63, 3.8) is 0 Å². The Morgan fingerprint density at radius 2 is 1.84 bits per heavy atom.